The second kappa shape index (κ2) is 6.99. The highest BCUT2D eigenvalue weighted by molar-refractivity contribution is 5.79. The lowest BCUT2D eigenvalue weighted by atomic mass is 9.86. The highest BCUT2D eigenvalue weighted by Gasteiger charge is 2.18. The Balaban J connectivity index is 2.04. The third-order valence-corrected chi connectivity index (χ3v) is 4.43. The molecular formula is C21H27NO. The Morgan fingerprint density at radius 1 is 1.00 bits per heavy atom. The molecule has 0 spiro atoms. The highest BCUT2D eigenvalue weighted by Crippen LogP contribution is 2.23. The van der Waals surface area contributed by atoms with Crippen molar-refractivity contribution in [2.75, 3.05) is 7.05 Å². The van der Waals surface area contributed by atoms with Crippen molar-refractivity contribution in [2.45, 2.75) is 45.6 Å². The number of carbonyl (C=O) groups excluding carboxylic acids is 1. The summed E-state index contributed by atoms with van der Waals surface area (Å²) in [6.45, 7) is 8.66. The van der Waals surface area contributed by atoms with E-state index < -0.39 is 0 Å². The molecule has 0 bridgehead atoms. The zero-order valence-corrected chi connectivity index (χ0v) is 14.8. The second-order valence-electron chi connectivity index (χ2n) is 7.22. The third-order valence-electron chi connectivity index (χ3n) is 4.43. The molecule has 0 aromatic heterocycles. The predicted molar refractivity (Wildman–Crippen MR) is 96.5 cm³/mol. The summed E-state index contributed by atoms with van der Waals surface area (Å²) >= 11 is 0. The van der Waals surface area contributed by atoms with E-state index in [4.69, 9.17) is 0 Å². The molecule has 1 amide bonds. The Kier molecular flexibility index (Phi) is 5.25. The van der Waals surface area contributed by atoms with Crippen molar-refractivity contribution in [3.05, 3.63) is 71.3 Å². The normalized spacial score (nSPS) is 12.7. The molecule has 2 rings (SSSR count). The molecule has 2 aromatic carbocycles. The van der Waals surface area contributed by atoms with Crippen LogP contribution in [0.1, 0.15) is 50.4 Å². The first kappa shape index (κ1) is 17.3. The van der Waals surface area contributed by atoms with Gasteiger partial charge in [0.05, 0.1) is 12.5 Å². The van der Waals surface area contributed by atoms with E-state index in [1.54, 1.807) is 0 Å². The summed E-state index contributed by atoms with van der Waals surface area (Å²) in [6.07, 6.45) is 0.443. The zero-order valence-electron chi connectivity index (χ0n) is 14.8. The minimum Gasteiger partial charge on any atom is -0.339 e. The Labute approximate surface area is 140 Å². The number of likely N-dealkylation sites (N-methyl/N-ethyl adjacent to an activating group) is 1. The van der Waals surface area contributed by atoms with E-state index in [2.05, 4.69) is 64.1 Å². The van der Waals surface area contributed by atoms with E-state index in [1.165, 1.54) is 5.56 Å². The van der Waals surface area contributed by atoms with Crippen molar-refractivity contribution in [3.63, 3.8) is 0 Å². The van der Waals surface area contributed by atoms with Gasteiger partial charge in [-0.1, -0.05) is 75.4 Å². The first-order valence-electron chi connectivity index (χ1n) is 8.19. The molecule has 0 aliphatic heterocycles. The molecule has 2 nitrogen and oxygen atoms in total. The van der Waals surface area contributed by atoms with Crippen LogP contribution in [-0.4, -0.2) is 17.9 Å². The summed E-state index contributed by atoms with van der Waals surface area (Å²) in [4.78, 5) is 14.4. The quantitative estimate of drug-likeness (QED) is 0.798. The van der Waals surface area contributed by atoms with Gasteiger partial charge < -0.3 is 4.90 Å². The summed E-state index contributed by atoms with van der Waals surface area (Å²) in [6, 6.07) is 18.6. The predicted octanol–water partition coefficient (Wildman–Crippen LogP) is 4.75. The lowest BCUT2D eigenvalue weighted by molar-refractivity contribution is -0.131. The number of amides is 1. The van der Waals surface area contributed by atoms with Crippen LogP contribution in [0.4, 0.5) is 0 Å². The molecule has 0 aliphatic rings. The lowest BCUT2D eigenvalue weighted by Gasteiger charge is -2.25. The summed E-state index contributed by atoms with van der Waals surface area (Å²) in [5.74, 6) is 0.143. The molecule has 122 valence electrons. The number of rotatable bonds is 4. The van der Waals surface area contributed by atoms with Gasteiger partial charge in [-0.25, -0.2) is 0 Å². The van der Waals surface area contributed by atoms with E-state index in [1.807, 2.05) is 30.1 Å². The maximum Gasteiger partial charge on any atom is 0.227 e. The molecule has 0 fully saturated rings. The molecule has 0 saturated heterocycles. The molecule has 2 aromatic rings. The van der Waals surface area contributed by atoms with E-state index in [-0.39, 0.29) is 17.4 Å². The first-order valence-corrected chi connectivity index (χ1v) is 8.19. The number of nitrogens with zero attached hydrogens (tertiary/aromatic N) is 1. The van der Waals surface area contributed by atoms with Gasteiger partial charge >= 0.3 is 0 Å². The maximum absolute atomic E-state index is 12.5. The van der Waals surface area contributed by atoms with Crippen molar-refractivity contribution < 1.29 is 4.79 Å². The van der Waals surface area contributed by atoms with E-state index in [0.717, 1.165) is 11.1 Å². The largest absolute Gasteiger partial charge is 0.339 e. The van der Waals surface area contributed by atoms with Gasteiger partial charge in [0, 0.05) is 7.05 Å². The molecule has 2 heteroatoms. The summed E-state index contributed by atoms with van der Waals surface area (Å²) in [5, 5.41) is 0. The van der Waals surface area contributed by atoms with Crippen LogP contribution in [0.5, 0.6) is 0 Å². The molecule has 0 aliphatic carbocycles. The topological polar surface area (TPSA) is 20.3 Å². The lowest BCUT2D eigenvalue weighted by Crippen LogP contribution is -2.30. The number of hydrogen-bond donors (Lipinski definition) is 0. The fraction of sp³-hybridized carbons (Fsp3) is 0.381. The van der Waals surface area contributed by atoms with Gasteiger partial charge in [0.1, 0.15) is 0 Å². The van der Waals surface area contributed by atoms with E-state index in [0.29, 0.717) is 6.42 Å². The maximum atomic E-state index is 12.5. The van der Waals surface area contributed by atoms with Crippen molar-refractivity contribution in [1.82, 2.24) is 4.90 Å². The number of hydrogen-bond acceptors (Lipinski definition) is 1. The molecular weight excluding hydrogens is 282 g/mol. The zero-order chi connectivity index (χ0) is 17.0. The van der Waals surface area contributed by atoms with Gasteiger partial charge in [0.2, 0.25) is 5.91 Å². The van der Waals surface area contributed by atoms with Gasteiger partial charge in [-0.05, 0) is 29.0 Å². The van der Waals surface area contributed by atoms with Crippen LogP contribution < -0.4 is 0 Å². The van der Waals surface area contributed by atoms with Crippen molar-refractivity contribution in [3.8, 4) is 0 Å². The van der Waals surface area contributed by atoms with Crippen molar-refractivity contribution in [2.24, 2.45) is 0 Å². The van der Waals surface area contributed by atoms with Crippen LogP contribution in [0.25, 0.3) is 0 Å². The first-order chi connectivity index (χ1) is 10.8. The molecule has 0 N–H and O–H groups in total. The Morgan fingerprint density at radius 3 is 2.09 bits per heavy atom. The van der Waals surface area contributed by atoms with Crippen LogP contribution in [-0.2, 0) is 16.6 Å². The Bertz CT molecular complexity index is 638. The standard InChI is InChI=1S/C21H27NO/c1-16(18-9-7-6-8-10-18)22(5)20(23)15-17-11-13-19(14-12-17)21(2,3)4/h6-14,16H,15H2,1-5H3/t16-/m1/s1. The molecule has 0 saturated carbocycles. The monoisotopic (exact) mass is 309 g/mol. The van der Waals surface area contributed by atoms with Crippen LogP contribution in [0.15, 0.2) is 54.6 Å². The molecule has 23 heavy (non-hydrogen) atoms. The fourth-order valence-electron chi connectivity index (χ4n) is 2.59. The second-order valence-corrected chi connectivity index (χ2v) is 7.22. The summed E-state index contributed by atoms with van der Waals surface area (Å²) in [7, 11) is 1.88. The van der Waals surface area contributed by atoms with Crippen LogP contribution in [0, 0.1) is 0 Å². The minimum atomic E-state index is 0.0811. The molecule has 1 atom stereocenters. The third kappa shape index (κ3) is 4.44. The van der Waals surface area contributed by atoms with E-state index in [9.17, 15) is 4.79 Å². The SMILES string of the molecule is C[C@H](c1ccccc1)N(C)C(=O)Cc1ccc(C(C)(C)C)cc1. The average molecular weight is 309 g/mol. The number of benzene rings is 2. The van der Waals surface area contributed by atoms with Gasteiger partial charge in [-0.2, -0.15) is 0 Å². The van der Waals surface area contributed by atoms with E-state index >= 15 is 0 Å². The summed E-state index contributed by atoms with van der Waals surface area (Å²) in [5.41, 5.74) is 3.66. The van der Waals surface area contributed by atoms with Gasteiger partial charge in [-0.15, -0.1) is 0 Å². The summed E-state index contributed by atoms with van der Waals surface area (Å²) < 4.78 is 0. The van der Waals surface area contributed by atoms with Gasteiger partial charge in [0.25, 0.3) is 0 Å². The van der Waals surface area contributed by atoms with Crippen LogP contribution in [0.2, 0.25) is 0 Å². The highest BCUT2D eigenvalue weighted by atomic mass is 16.2. The average Bonchev–Trinajstić information content (AvgIpc) is 2.54. The van der Waals surface area contributed by atoms with Gasteiger partial charge in [0.15, 0.2) is 0 Å². The fourth-order valence-corrected chi connectivity index (χ4v) is 2.59. The molecule has 0 radical (unpaired) electrons. The Hall–Kier alpha value is -2.09. The molecule has 0 unspecified atom stereocenters. The van der Waals surface area contributed by atoms with Crippen LogP contribution >= 0.6 is 0 Å². The van der Waals surface area contributed by atoms with Crippen LogP contribution in [0.3, 0.4) is 0 Å². The smallest absolute Gasteiger partial charge is 0.227 e. The Morgan fingerprint density at radius 2 is 1.57 bits per heavy atom. The van der Waals surface area contributed by atoms with Crippen molar-refractivity contribution >= 4 is 5.91 Å². The number of carbonyl (C=O) groups is 1. The van der Waals surface area contributed by atoms with Gasteiger partial charge in [-0.3, -0.25) is 4.79 Å². The van der Waals surface area contributed by atoms with Crippen molar-refractivity contribution in [1.29, 1.82) is 0 Å². The molecule has 0 heterocycles. The minimum absolute atomic E-state index is 0.0811.